The maximum absolute atomic E-state index is 9.83. The van der Waals surface area contributed by atoms with Gasteiger partial charge in [0.05, 0.1) is 12.2 Å². The van der Waals surface area contributed by atoms with E-state index in [1.165, 1.54) is 28.1 Å². The van der Waals surface area contributed by atoms with Gasteiger partial charge in [0, 0.05) is 12.7 Å². The van der Waals surface area contributed by atoms with Gasteiger partial charge >= 0.3 is 0 Å². The van der Waals surface area contributed by atoms with Crippen LogP contribution in [0.25, 0.3) is 0 Å². The first-order valence-corrected chi connectivity index (χ1v) is 9.16. The summed E-state index contributed by atoms with van der Waals surface area (Å²) in [6, 6.07) is 12.9. The van der Waals surface area contributed by atoms with E-state index >= 15 is 0 Å². The fourth-order valence-corrected chi connectivity index (χ4v) is 3.16. The molecule has 1 aromatic carbocycles. The van der Waals surface area contributed by atoms with Crippen molar-refractivity contribution in [3.63, 3.8) is 0 Å². The van der Waals surface area contributed by atoms with Crippen molar-refractivity contribution < 1.29 is 10.0 Å². The van der Waals surface area contributed by atoms with Crippen LogP contribution in [0.15, 0.2) is 42.6 Å². The fraction of sp³-hybridized carbons (Fsp3) is 0.524. The molecule has 0 fully saturated rings. The van der Waals surface area contributed by atoms with Gasteiger partial charge in [-0.25, -0.2) is 0 Å². The molecule has 2 aromatic rings. The smallest absolute Gasteiger partial charge is 0.118 e. The lowest BCUT2D eigenvalue weighted by molar-refractivity contribution is -0.917. The van der Waals surface area contributed by atoms with Gasteiger partial charge < -0.3 is 14.6 Å². The molecule has 0 spiro atoms. The molecule has 1 heterocycles. The van der Waals surface area contributed by atoms with Crippen molar-refractivity contribution in [3.05, 3.63) is 59.4 Å². The monoisotopic (exact) mass is 329 g/mol. The molecule has 0 bridgehead atoms. The Morgan fingerprint density at radius 3 is 2.50 bits per heavy atom. The summed E-state index contributed by atoms with van der Waals surface area (Å²) in [5, 5.41) is 9.83. The molecule has 0 amide bonds. The average molecular weight is 330 g/mol. The third-order valence-corrected chi connectivity index (χ3v) is 4.62. The van der Waals surface area contributed by atoms with Gasteiger partial charge in [-0.2, -0.15) is 0 Å². The number of hydrogen-bond donors (Lipinski definition) is 2. The summed E-state index contributed by atoms with van der Waals surface area (Å²) >= 11 is 0. The Morgan fingerprint density at radius 1 is 1.08 bits per heavy atom. The highest BCUT2D eigenvalue weighted by atomic mass is 16.3. The number of benzene rings is 1. The number of aromatic nitrogens is 1. The molecule has 1 unspecified atom stereocenters. The minimum absolute atomic E-state index is 0.257. The summed E-state index contributed by atoms with van der Waals surface area (Å²) in [4.78, 5) is 1.46. The van der Waals surface area contributed by atoms with Gasteiger partial charge in [-0.05, 0) is 49.4 Å². The van der Waals surface area contributed by atoms with Crippen LogP contribution in [0.5, 0.6) is 0 Å². The maximum atomic E-state index is 9.83. The maximum Gasteiger partial charge on any atom is 0.118 e. The molecule has 0 aliphatic heterocycles. The topological polar surface area (TPSA) is 29.6 Å². The average Bonchev–Trinajstić information content (AvgIpc) is 2.93. The molecule has 0 saturated heterocycles. The zero-order chi connectivity index (χ0) is 17.5. The second-order valence-electron chi connectivity index (χ2n) is 7.47. The third kappa shape index (κ3) is 5.81. The van der Waals surface area contributed by atoms with Crippen molar-refractivity contribution in [1.82, 2.24) is 4.57 Å². The molecule has 2 rings (SSSR count). The highest BCUT2D eigenvalue weighted by Crippen LogP contribution is 2.11. The zero-order valence-electron chi connectivity index (χ0n) is 15.6. The van der Waals surface area contributed by atoms with E-state index in [9.17, 15) is 5.11 Å². The Kier molecular flexibility index (Phi) is 7.07. The molecule has 24 heavy (non-hydrogen) atoms. The summed E-state index contributed by atoms with van der Waals surface area (Å²) in [5.74, 6) is 0.702. The summed E-state index contributed by atoms with van der Waals surface area (Å²) in [5.41, 5.74) is 4.05. The first-order chi connectivity index (χ1) is 11.5. The van der Waals surface area contributed by atoms with Crippen LogP contribution in [0.1, 0.15) is 44.0 Å². The van der Waals surface area contributed by atoms with E-state index in [0.717, 1.165) is 26.2 Å². The van der Waals surface area contributed by atoms with E-state index in [4.69, 9.17) is 0 Å². The number of nitrogens with zero attached hydrogens (tertiary/aromatic N) is 1. The Labute approximate surface area is 146 Å². The van der Waals surface area contributed by atoms with Crippen molar-refractivity contribution in [3.8, 4) is 0 Å². The van der Waals surface area contributed by atoms with Gasteiger partial charge in [0.2, 0.25) is 0 Å². The number of aryl methyl sites for hydroxylation is 1. The number of hydrogen-bond acceptors (Lipinski definition) is 1. The molecule has 0 aliphatic rings. The van der Waals surface area contributed by atoms with Crippen LogP contribution < -0.4 is 4.90 Å². The van der Waals surface area contributed by atoms with Crippen LogP contribution >= 0.6 is 0 Å². The van der Waals surface area contributed by atoms with Crippen LogP contribution in [0, 0.1) is 12.8 Å². The van der Waals surface area contributed by atoms with E-state index in [-0.39, 0.29) is 6.10 Å². The Balaban J connectivity index is 2.08. The Hall–Kier alpha value is -1.58. The fourth-order valence-electron chi connectivity index (χ4n) is 3.16. The highest BCUT2D eigenvalue weighted by molar-refractivity contribution is 5.26. The van der Waals surface area contributed by atoms with Crippen LogP contribution in [-0.4, -0.2) is 28.9 Å². The lowest BCUT2D eigenvalue weighted by Gasteiger charge is -2.23. The molecule has 1 aromatic heterocycles. The van der Waals surface area contributed by atoms with Crippen LogP contribution in [-0.2, 0) is 13.1 Å². The molecule has 3 heteroatoms. The van der Waals surface area contributed by atoms with E-state index in [0.29, 0.717) is 5.92 Å². The summed E-state index contributed by atoms with van der Waals surface area (Å²) in [6.45, 7) is 12.4. The van der Waals surface area contributed by atoms with Gasteiger partial charge in [0.25, 0.3) is 0 Å². The highest BCUT2D eigenvalue weighted by Gasteiger charge is 2.15. The zero-order valence-corrected chi connectivity index (χ0v) is 15.6. The molecule has 2 N–H and O–H groups in total. The summed E-state index contributed by atoms with van der Waals surface area (Å²) < 4.78 is 2.35. The van der Waals surface area contributed by atoms with Crippen LogP contribution in [0.4, 0.5) is 0 Å². The molecule has 3 nitrogen and oxygen atoms in total. The molecule has 0 saturated carbocycles. The molecule has 2 atom stereocenters. The number of nitrogens with one attached hydrogen (secondary N) is 1. The quantitative estimate of drug-likeness (QED) is 0.728. The number of aliphatic hydroxyl groups excluding tert-OH is 1. The van der Waals surface area contributed by atoms with Gasteiger partial charge in [-0.1, -0.05) is 38.1 Å². The summed E-state index contributed by atoms with van der Waals surface area (Å²) in [7, 11) is 0. The molecule has 0 aliphatic carbocycles. The predicted octanol–water partition coefficient (Wildman–Crippen LogP) is 2.66. The van der Waals surface area contributed by atoms with E-state index < -0.39 is 0 Å². The van der Waals surface area contributed by atoms with E-state index in [1.807, 2.05) is 6.92 Å². The number of aliphatic hydroxyl groups is 1. The first kappa shape index (κ1) is 18.8. The lowest BCUT2D eigenvalue weighted by atomic mass is 10.1. The van der Waals surface area contributed by atoms with Crippen LogP contribution in [0.2, 0.25) is 0 Å². The standard InChI is InChI=1S/C21H32N2O/c1-17(2)11-13-22(14-19(4)24)16-21-10-7-12-23(21)15-20-9-6-5-8-18(20)3/h5-10,12,17,19,24H,11,13-16H2,1-4H3/p+1/t19-/m0/s1. The van der Waals surface area contributed by atoms with Gasteiger partial charge in [-0.3, -0.25) is 0 Å². The van der Waals surface area contributed by atoms with Gasteiger partial charge in [0.15, 0.2) is 0 Å². The minimum atomic E-state index is -0.257. The second-order valence-corrected chi connectivity index (χ2v) is 7.47. The van der Waals surface area contributed by atoms with Crippen molar-refractivity contribution >= 4 is 0 Å². The SMILES string of the molecule is Cc1ccccc1Cn1cccc1C[NH+](CCC(C)C)C[C@H](C)O. The molecule has 132 valence electrons. The van der Waals surface area contributed by atoms with Crippen molar-refractivity contribution in [2.45, 2.75) is 53.3 Å². The van der Waals surface area contributed by atoms with Crippen molar-refractivity contribution in [1.29, 1.82) is 0 Å². The van der Waals surface area contributed by atoms with E-state index in [2.05, 4.69) is 67.9 Å². The van der Waals surface area contributed by atoms with Gasteiger partial charge in [-0.15, -0.1) is 0 Å². The Morgan fingerprint density at radius 2 is 1.83 bits per heavy atom. The first-order valence-electron chi connectivity index (χ1n) is 9.16. The molecule has 0 radical (unpaired) electrons. The number of quaternary nitrogens is 1. The van der Waals surface area contributed by atoms with Gasteiger partial charge in [0.1, 0.15) is 19.2 Å². The largest absolute Gasteiger partial charge is 0.388 e. The number of rotatable bonds is 9. The van der Waals surface area contributed by atoms with Crippen LogP contribution in [0.3, 0.4) is 0 Å². The van der Waals surface area contributed by atoms with Crippen molar-refractivity contribution in [2.75, 3.05) is 13.1 Å². The normalized spacial score (nSPS) is 14.1. The molecular weight excluding hydrogens is 296 g/mol. The predicted molar refractivity (Wildman–Crippen MR) is 100 cm³/mol. The Bertz CT molecular complexity index is 616. The van der Waals surface area contributed by atoms with Crippen molar-refractivity contribution in [2.24, 2.45) is 5.92 Å². The molecular formula is C21H33N2O+. The minimum Gasteiger partial charge on any atom is -0.388 e. The third-order valence-electron chi connectivity index (χ3n) is 4.62. The van der Waals surface area contributed by atoms with E-state index in [1.54, 1.807) is 0 Å². The second kappa shape index (κ2) is 9.05. The summed E-state index contributed by atoms with van der Waals surface area (Å²) in [6.07, 6.45) is 3.11. The lowest BCUT2D eigenvalue weighted by Crippen LogP contribution is -3.12.